The number of rotatable bonds is 13. The minimum atomic E-state index is -4.49. The first-order valence-electron chi connectivity index (χ1n) is 12.4. The normalized spacial score (nSPS) is 18.0. The lowest BCUT2D eigenvalue weighted by Crippen LogP contribution is -2.50. The second kappa shape index (κ2) is 12.8. The number of carbonyl (C=O) groups is 2. The molecule has 1 heterocycles. The van der Waals surface area contributed by atoms with Crippen molar-refractivity contribution in [2.24, 2.45) is 17.6 Å². The van der Waals surface area contributed by atoms with Gasteiger partial charge in [-0.3, -0.25) is 14.5 Å². The molecule has 0 spiro atoms. The molecule has 0 radical (unpaired) electrons. The van der Waals surface area contributed by atoms with Crippen molar-refractivity contribution in [2.45, 2.75) is 65.0 Å². The maximum absolute atomic E-state index is 12.9. The standard InChI is InChI=1S/C25H42N4O5S/c1-5-20(23(26)30)15-22(14-18(2)24(31)28-25(3,4)17-35(32,33)34)21-8-6-19(7-9-21)16-29-12-10-27-11-13-29/h6-9,18,20,22,27H,5,10-17H2,1-4H3,(H2,26,30)(H,28,31)(H,32,33,34)/p-1. The van der Waals surface area contributed by atoms with Crippen LogP contribution in [0, 0.1) is 11.8 Å². The lowest BCUT2D eigenvalue weighted by atomic mass is 9.81. The number of primary amides is 1. The van der Waals surface area contributed by atoms with E-state index >= 15 is 0 Å². The third-order valence-electron chi connectivity index (χ3n) is 6.62. The van der Waals surface area contributed by atoms with Crippen LogP contribution in [0.2, 0.25) is 0 Å². The lowest BCUT2D eigenvalue weighted by Gasteiger charge is -2.30. The molecule has 4 N–H and O–H groups in total. The number of nitrogens with one attached hydrogen (secondary N) is 2. The number of carbonyl (C=O) groups excluding carboxylic acids is 2. The minimum absolute atomic E-state index is 0.0761. The molecular formula is C25H41N4O5S-. The number of piperazine rings is 1. The highest BCUT2D eigenvalue weighted by molar-refractivity contribution is 7.85. The van der Waals surface area contributed by atoms with E-state index in [1.54, 1.807) is 6.92 Å². The van der Waals surface area contributed by atoms with Crippen LogP contribution in [0.4, 0.5) is 0 Å². The Labute approximate surface area is 210 Å². The Balaban J connectivity index is 2.14. The van der Waals surface area contributed by atoms with Crippen molar-refractivity contribution in [3.8, 4) is 0 Å². The molecule has 0 aromatic heterocycles. The summed E-state index contributed by atoms with van der Waals surface area (Å²) < 4.78 is 33.5. The number of hydrogen-bond donors (Lipinski definition) is 3. The Morgan fingerprint density at radius 2 is 1.77 bits per heavy atom. The van der Waals surface area contributed by atoms with Gasteiger partial charge in [0.1, 0.15) is 0 Å². The van der Waals surface area contributed by atoms with Gasteiger partial charge in [-0.2, -0.15) is 0 Å². The SMILES string of the molecule is CCC(CC(CC(C)C(=O)NC(C)(C)CS(=O)(=O)[O-])c1ccc(CN2CCNCC2)cc1)C(N)=O. The molecule has 1 saturated heterocycles. The van der Waals surface area contributed by atoms with E-state index in [4.69, 9.17) is 5.73 Å². The van der Waals surface area contributed by atoms with Gasteiger partial charge in [-0.25, -0.2) is 8.42 Å². The largest absolute Gasteiger partial charge is 0.748 e. The summed E-state index contributed by atoms with van der Waals surface area (Å²) in [4.78, 5) is 27.2. The molecule has 10 heteroatoms. The Hall–Kier alpha value is -2.01. The molecule has 3 unspecified atom stereocenters. The molecule has 0 bridgehead atoms. The van der Waals surface area contributed by atoms with Gasteiger partial charge in [0.15, 0.2) is 0 Å². The van der Waals surface area contributed by atoms with Gasteiger partial charge in [-0.05, 0) is 50.2 Å². The topological polar surface area (TPSA) is 145 Å². The summed E-state index contributed by atoms with van der Waals surface area (Å²) >= 11 is 0. The predicted octanol–water partition coefficient (Wildman–Crippen LogP) is 1.54. The van der Waals surface area contributed by atoms with Crippen LogP contribution >= 0.6 is 0 Å². The van der Waals surface area contributed by atoms with Crippen LogP contribution < -0.4 is 16.4 Å². The van der Waals surface area contributed by atoms with Crippen molar-refractivity contribution in [2.75, 3.05) is 31.9 Å². The zero-order chi connectivity index (χ0) is 26.2. The first kappa shape index (κ1) is 29.2. The summed E-state index contributed by atoms with van der Waals surface area (Å²) in [6.45, 7) is 11.6. The molecule has 0 saturated carbocycles. The summed E-state index contributed by atoms with van der Waals surface area (Å²) in [6, 6.07) is 8.33. The van der Waals surface area contributed by atoms with E-state index < -0.39 is 27.3 Å². The van der Waals surface area contributed by atoms with Crippen molar-refractivity contribution in [1.82, 2.24) is 15.5 Å². The second-order valence-corrected chi connectivity index (χ2v) is 11.8. The molecule has 35 heavy (non-hydrogen) atoms. The molecule has 1 aromatic rings. The molecule has 1 fully saturated rings. The van der Waals surface area contributed by atoms with E-state index in [0.717, 1.165) is 38.3 Å². The Morgan fingerprint density at radius 3 is 2.29 bits per heavy atom. The zero-order valence-corrected chi connectivity index (χ0v) is 22.2. The van der Waals surface area contributed by atoms with Gasteiger partial charge in [0.25, 0.3) is 0 Å². The van der Waals surface area contributed by atoms with E-state index in [9.17, 15) is 22.6 Å². The Kier molecular flexibility index (Phi) is 10.7. The van der Waals surface area contributed by atoms with Crippen LogP contribution in [0.3, 0.4) is 0 Å². The third kappa shape index (κ3) is 10.2. The molecular weight excluding hydrogens is 468 g/mol. The maximum atomic E-state index is 12.9. The van der Waals surface area contributed by atoms with Crippen LogP contribution in [0.15, 0.2) is 24.3 Å². The number of nitrogens with two attached hydrogens (primary N) is 1. The molecule has 0 aliphatic carbocycles. The smallest absolute Gasteiger partial charge is 0.223 e. The number of amides is 2. The average molecular weight is 510 g/mol. The fourth-order valence-corrected chi connectivity index (χ4v) is 5.64. The molecule has 9 nitrogen and oxygen atoms in total. The van der Waals surface area contributed by atoms with Crippen molar-refractivity contribution in [1.29, 1.82) is 0 Å². The monoisotopic (exact) mass is 509 g/mol. The van der Waals surface area contributed by atoms with Gasteiger partial charge in [0, 0.05) is 50.1 Å². The first-order chi connectivity index (χ1) is 16.3. The summed E-state index contributed by atoms with van der Waals surface area (Å²) in [5.74, 6) is -2.21. The van der Waals surface area contributed by atoms with E-state index in [1.165, 1.54) is 19.4 Å². The van der Waals surface area contributed by atoms with Crippen LogP contribution in [0.25, 0.3) is 0 Å². The highest BCUT2D eigenvalue weighted by Crippen LogP contribution is 2.32. The Bertz CT molecular complexity index is 943. The Morgan fingerprint density at radius 1 is 1.17 bits per heavy atom. The fourth-order valence-electron chi connectivity index (χ4n) is 4.69. The molecule has 1 aliphatic heterocycles. The second-order valence-electron chi connectivity index (χ2n) is 10.4. The van der Waals surface area contributed by atoms with Gasteiger partial charge in [-0.15, -0.1) is 0 Å². The first-order valence-corrected chi connectivity index (χ1v) is 13.9. The lowest BCUT2D eigenvalue weighted by molar-refractivity contribution is -0.126. The number of nitrogens with zero attached hydrogens (tertiary/aromatic N) is 1. The van der Waals surface area contributed by atoms with E-state index in [2.05, 4.69) is 39.8 Å². The van der Waals surface area contributed by atoms with Crippen LogP contribution in [0.5, 0.6) is 0 Å². The quantitative estimate of drug-likeness (QED) is 0.342. The summed E-state index contributed by atoms with van der Waals surface area (Å²) in [5, 5.41) is 6.05. The molecule has 2 rings (SSSR count). The van der Waals surface area contributed by atoms with Crippen molar-refractivity contribution in [3.05, 3.63) is 35.4 Å². The van der Waals surface area contributed by atoms with Gasteiger partial charge in [0.05, 0.1) is 15.9 Å². The highest BCUT2D eigenvalue weighted by Gasteiger charge is 2.29. The van der Waals surface area contributed by atoms with Gasteiger partial charge in [0.2, 0.25) is 11.8 Å². The van der Waals surface area contributed by atoms with Crippen molar-refractivity contribution >= 4 is 21.9 Å². The molecule has 2 amide bonds. The molecule has 1 aliphatic rings. The van der Waals surface area contributed by atoms with Crippen LogP contribution in [0.1, 0.15) is 64.0 Å². The van der Waals surface area contributed by atoms with Gasteiger partial charge < -0.3 is 20.9 Å². The summed E-state index contributed by atoms with van der Waals surface area (Å²) in [7, 11) is -4.49. The number of hydrogen-bond acceptors (Lipinski definition) is 7. The third-order valence-corrected chi connectivity index (χ3v) is 7.69. The molecule has 198 valence electrons. The van der Waals surface area contributed by atoms with E-state index in [0.29, 0.717) is 19.3 Å². The van der Waals surface area contributed by atoms with Crippen LogP contribution in [-0.2, 0) is 26.3 Å². The van der Waals surface area contributed by atoms with Crippen LogP contribution in [-0.4, -0.2) is 67.2 Å². The average Bonchev–Trinajstić information content (AvgIpc) is 2.75. The van der Waals surface area contributed by atoms with E-state index in [-0.39, 0.29) is 23.7 Å². The highest BCUT2D eigenvalue weighted by atomic mass is 32.2. The summed E-state index contributed by atoms with van der Waals surface area (Å²) in [6.07, 6.45) is 1.60. The molecule has 3 atom stereocenters. The minimum Gasteiger partial charge on any atom is -0.748 e. The van der Waals surface area contributed by atoms with Gasteiger partial charge >= 0.3 is 0 Å². The molecule has 1 aromatic carbocycles. The van der Waals surface area contributed by atoms with E-state index in [1.807, 2.05) is 6.92 Å². The number of benzene rings is 1. The van der Waals surface area contributed by atoms with Crippen molar-refractivity contribution < 1.29 is 22.6 Å². The van der Waals surface area contributed by atoms with Crippen molar-refractivity contribution in [3.63, 3.8) is 0 Å². The fraction of sp³-hybridized carbons (Fsp3) is 0.680. The zero-order valence-electron chi connectivity index (χ0n) is 21.4. The van der Waals surface area contributed by atoms with Gasteiger partial charge in [-0.1, -0.05) is 38.1 Å². The maximum Gasteiger partial charge on any atom is 0.223 e. The predicted molar refractivity (Wildman–Crippen MR) is 135 cm³/mol. The summed E-state index contributed by atoms with van der Waals surface area (Å²) in [5.41, 5.74) is 6.69.